The molecule has 1 atom stereocenters. The topological polar surface area (TPSA) is 0 Å². The number of rotatable bonds is 2. The molecule has 13 heavy (non-hydrogen) atoms. The van der Waals surface area contributed by atoms with E-state index in [1.54, 1.807) is 0 Å². The molecule has 72 valence electrons. The monoisotopic (exact) mass is 212 g/mol. The van der Waals surface area contributed by atoms with Crippen LogP contribution in [0.2, 0.25) is 5.02 Å². The second kappa shape index (κ2) is 3.96. The zero-order chi connectivity index (χ0) is 10.0. The fourth-order valence-electron chi connectivity index (χ4n) is 0.829. The molecule has 0 aliphatic carbocycles. The highest BCUT2D eigenvalue weighted by Crippen LogP contribution is 2.27. The second-order valence-corrected chi connectivity index (χ2v) is 2.82. The van der Waals surface area contributed by atoms with Crippen LogP contribution < -0.4 is 0 Å². The van der Waals surface area contributed by atoms with Gasteiger partial charge in [-0.2, -0.15) is 0 Å². The first kappa shape index (κ1) is 10.3. The Morgan fingerprint density at radius 1 is 1.15 bits per heavy atom. The predicted molar refractivity (Wildman–Crippen MR) is 41.3 cm³/mol. The second-order valence-electron chi connectivity index (χ2n) is 2.41. The smallest absolute Gasteiger partial charge is 0.236 e. The Kier molecular flexibility index (Phi) is 3.14. The number of benzene rings is 1. The maximum atomic E-state index is 12.6. The Morgan fingerprint density at radius 2 is 1.77 bits per heavy atom. The van der Waals surface area contributed by atoms with Crippen molar-refractivity contribution >= 4 is 11.6 Å². The van der Waals surface area contributed by atoms with Crippen LogP contribution in [0.1, 0.15) is 11.7 Å². The van der Waals surface area contributed by atoms with E-state index in [-0.39, 0.29) is 10.6 Å². The number of hydrogen-bond donors (Lipinski definition) is 0. The largest absolute Gasteiger partial charge is 0.273 e. The first-order chi connectivity index (χ1) is 6.02. The molecule has 0 aliphatic heterocycles. The van der Waals surface area contributed by atoms with E-state index in [1.807, 2.05) is 0 Å². The molecule has 0 N–H and O–H groups in total. The van der Waals surface area contributed by atoms with Crippen LogP contribution in [0, 0.1) is 5.82 Å². The summed E-state index contributed by atoms with van der Waals surface area (Å²) in [6.07, 6.45) is -5.54. The Balaban J connectivity index is 2.97. The molecule has 0 aliphatic rings. The third-order valence-electron chi connectivity index (χ3n) is 1.48. The summed E-state index contributed by atoms with van der Waals surface area (Å²) in [5.74, 6) is -0.758. The molecule has 1 unspecified atom stereocenters. The molecule has 0 nitrogen and oxygen atoms in total. The van der Waals surface area contributed by atoms with Gasteiger partial charge in [-0.3, -0.25) is 0 Å². The van der Waals surface area contributed by atoms with Crippen molar-refractivity contribution in [3.8, 4) is 0 Å². The molecule has 0 saturated heterocycles. The fourth-order valence-corrected chi connectivity index (χ4v) is 1.02. The first-order valence-electron chi connectivity index (χ1n) is 3.39. The van der Waals surface area contributed by atoms with E-state index in [2.05, 4.69) is 0 Å². The average Bonchev–Trinajstić information content (AvgIpc) is 2.08. The van der Waals surface area contributed by atoms with Crippen LogP contribution in [0.4, 0.5) is 17.6 Å². The first-order valence-corrected chi connectivity index (χ1v) is 3.77. The molecule has 0 amide bonds. The summed E-state index contributed by atoms with van der Waals surface area (Å²) in [5, 5.41) is -0.360. The summed E-state index contributed by atoms with van der Waals surface area (Å²) in [5.41, 5.74) is -0.318. The summed E-state index contributed by atoms with van der Waals surface area (Å²) in [6.45, 7) is 0. The van der Waals surface area contributed by atoms with Crippen molar-refractivity contribution in [1.82, 2.24) is 0 Å². The van der Waals surface area contributed by atoms with Gasteiger partial charge in [0.05, 0.1) is 5.02 Å². The number of halogens is 5. The molecule has 0 aromatic heterocycles. The molecule has 0 heterocycles. The Hall–Kier alpha value is -0.770. The van der Waals surface area contributed by atoms with Crippen molar-refractivity contribution in [3.63, 3.8) is 0 Å². The van der Waals surface area contributed by atoms with Crippen molar-refractivity contribution < 1.29 is 17.6 Å². The van der Waals surface area contributed by atoms with Crippen LogP contribution in [0.3, 0.4) is 0 Å². The highest BCUT2D eigenvalue weighted by Gasteiger charge is 2.21. The SMILES string of the molecule is Fc1ccc(C(F)C(F)F)cc1Cl. The maximum Gasteiger partial charge on any atom is 0.273 e. The molecule has 1 aromatic rings. The van der Waals surface area contributed by atoms with Crippen molar-refractivity contribution in [2.45, 2.75) is 12.6 Å². The van der Waals surface area contributed by atoms with E-state index < -0.39 is 18.4 Å². The highest BCUT2D eigenvalue weighted by atomic mass is 35.5. The molecule has 5 heteroatoms. The quantitative estimate of drug-likeness (QED) is 0.655. The molecule has 1 rings (SSSR count). The summed E-state index contributed by atoms with van der Waals surface area (Å²) < 4.78 is 48.8. The lowest BCUT2D eigenvalue weighted by molar-refractivity contribution is 0.0495. The number of hydrogen-bond acceptors (Lipinski definition) is 0. The van der Waals surface area contributed by atoms with Gasteiger partial charge in [-0.15, -0.1) is 0 Å². The van der Waals surface area contributed by atoms with E-state index in [1.165, 1.54) is 0 Å². The van der Waals surface area contributed by atoms with Gasteiger partial charge in [0, 0.05) is 0 Å². The predicted octanol–water partition coefficient (Wildman–Crippen LogP) is 3.75. The van der Waals surface area contributed by atoms with E-state index in [4.69, 9.17) is 11.6 Å². The van der Waals surface area contributed by atoms with Gasteiger partial charge in [0.15, 0.2) is 6.17 Å². The van der Waals surface area contributed by atoms with Crippen LogP contribution in [0.15, 0.2) is 18.2 Å². The normalized spacial score (nSPS) is 13.4. The van der Waals surface area contributed by atoms with Gasteiger partial charge in [0.25, 0.3) is 6.43 Å². The molecule has 0 fully saturated rings. The van der Waals surface area contributed by atoms with Crippen molar-refractivity contribution in [3.05, 3.63) is 34.6 Å². The third-order valence-corrected chi connectivity index (χ3v) is 1.77. The summed E-state index contributed by atoms with van der Waals surface area (Å²) in [4.78, 5) is 0. The highest BCUT2D eigenvalue weighted by molar-refractivity contribution is 6.30. The van der Waals surface area contributed by atoms with Crippen LogP contribution in [-0.4, -0.2) is 6.43 Å². The van der Waals surface area contributed by atoms with Gasteiger partial charge in [0.1, 0.15) is 5.82 Å². The van der Waals surface area contributed by atoms with Crippen LogP contribution >= 0.6 is 11.6 Å². The van der Waals surface area contributed by atoms with Crippen molar-refractivity contribution in [2.24, 2.45) is 0 Å². The van der Waals surface area contributed by atoms with Gasteiger partial charge >= 0.3 is 0 Å². The lowest BCUT2D eigenvalue weighted by atomic mass is 10.1. The molecular weight excluding hydrogens is 208 g/mol. The van der Waals surface area contributed by atoms with E-state index in [9.17, 15) is 17.6 Å². The molecule has 0 saturated carbocycles. The minimum atomic E-state index is -3.12. The van der Waals surface area contributed by atoms with E-state index in [0.29, 0.717) is 0 Å². The van der Waals surface area contributed by atoms with Gasteiger partial charge in [-0.05, 0) is 17.7 Å². The zero-order valence-corrected chi connectivity index (χ0v) is 7.03. The molecule has 1 aromatic carbocycles. The standard InChI is InChI=1S/C8H5ClF4/c9-5-3-4(1-2-6(5)10)7(11)8(12)13/h1-3,7-8H. The lowest BCUT2D eigenvalue weighted by Crippen LogP contribution is -2.03. The third kappa shape index (κ3) is 2.34. The summed E-state index contributed by atoms with van der Waals surface area (Å²) in [6, 6.07) is 2.65. The van der Waals surface area contributed by atoms with Gasteiger partial charge in [-0.25, -0.2) is 17.6 Å². The minimum absolute atomic E-state index is 0.318. The van der Waals surface area contributed by atoms with Gasteiger partial charge in [0.2, 0.25) is 0 Å². The van der Waals surface area contributed by atoms with Crippen molar-refractivity contribution in [2.75, 3.05) is 0 Å². The Labute approximate surface area is 77.1 Å². The maximum absolute atomic E-state index is 12.6. The van der Waals surface area contributed by atoms with Crippen LogP contribution in [-0.2, 0) is 0 Å². The molecule has 0 bridgehead atoms. The molecular formula is C8H5ClF4. The van der Waals surface area contributed by atoms with E-state index >= 15 is 0 Å². The summed E-state index contributed by atoms with van der Waals surface area (Å²) >= 11 is 5.28. The van der Waals surface area contributed by atoms with Gasteiger partial charge < -0.3 is 0 Å². The lowest BCUT2D eigenvalue weighted by Gasteiger charge is -2.07. The average molecular weight is 213 g/mol. The van der Waals surface area contributed by atoms with Crippen molar-refractivity contribution in [1.29, 1.82) is 0 Å². The Morgan fingerprint density at radius 3 is 2.23 bits per heavy atom. The zero-order valence-electron chi connectivity index (χ0n) is 6.28. The van der Waals surface area contributed by atoms with Crippen LogP contribution in [0.25, 0.3) is 0 Å². The molecule has 0 spiro atoms. The summed E-state index contributed by atoms with van der Waals surface area (Å²) in [7, 11) is 0. The number of alkyl halides is 3. The van der Waals surface area contributed by atoms with E-state index in [0.717, 1.165) is 18.2 Å². The van der Waals surface area contributed by atoms with Gasteiger partial charge in [-0.1, -0.05) is 17.7 Å². The molecule has 0 radical (unpaired) electrons. The fraction of sp³-hybridized carbons (Fsp3) is 0.250. The van der Waals surface area contributed by atoms with Crippen LogP contribution in [0.5, 0.6) is 0 Å². The minimum Gasteiger partial charge on any atom is -0.236 e. The Bertz CT molecular complexity index is 300.